The van der Waals surface area contributed by atoms with Crippen molar-refractivity contribution in [3.63, 3.8) is 0 Å². The van der Waals surface area contributed by atoms with E-state index in [9.17, 15) is 4.79 Å². The Morgan fingerprint density at radius 2 is 2.29 bits per heavy atom. The van der Waals surface area contributed by atoms with E-state index in [-0.39, 0.29) is 0 Å². The van der Waals surface area contributed by atoms with Gasteiger partial charge in [-0.15, -0.1) is 0 Å². The zero-order valence-corrected chi connectivity index (χ0v) is 7.56. The number of ether oxygens (including phenoxy) is 1. The average molecular weight is 193 g/mol. The summed E-state index contributed by atoms with van der Waals surface area (Å²) in [5, 5.41) is 11.5. The lowest BCUT2D eigenvalue weighted by molar-refractivity contribution is 0.0580. The number of rotatable bonds is 1. The van der Waals surface area contributed by atoms with E-state index in [4.69, 9.17) is 5.11 Å². The van der Waals surface area contributed by atoms with Crippen molar-refractivity contribution < 1.29 is 14.6 Å². The summed E-state index contributed by atoms with van der Waals surface area (Å²) in [7, 11) is 0. The molecule has 1 aromatic carbocycles. The predicted molar refractivity (Wildman–Crippen MR) is 51.3 cm³/mol. The molecule has 1 heterocycles. The first-order valence-corrected chi connectivity index (χ1v) is 4.50. The van der Waals surface area contributed by atoms with Gasteiger partial charge in [0.2, 0.25) is 0 Å². The highest BCUT2D eigenvalue weighted by atomic mass is 16.7. The maximum Gasteiger partial charge on any atom is 0.507 e. The van der Waals surface area contributed by atoms with Crippen molar-refractivity contribution in [2.24, 2.45) is 0 Å². The molecule has 1 aliphatic heterocycles. The molecule has 74 valence electrons. The number of para-hydroxylation sites is 1. The van der Waals surface area contributed by atoms with E-state index in [1.807, 2.05) is 24.3 Å². The van der Waals surface area contributed by atoms with Crippen molar-refractivity contribution in [3.05, 3.63) is 29.8 Å². The number of hydrogen-bond acceptors (Lipinski definition) is 3. The molecule has 0 saturated carbocycles. The van der Waals surface area contributed by atoms with Gasteiger partial charge in [-0.25, -0.2) is 4.79 Å². The van der Waals surface area contributed by atoms with Crippen LogP contribution >= 0.6 is 0 Å². The minimum absolute atomic E-state index is 0.414. The van der Waals surface area contributed by atoms with E-state index < -0.39 is 12.4 Å². The first-order chi connectivity index (χ1) is 6.75. The lowest BCUT2D eigenvalue weighted by atomic mass is 10.0. The van der Waals surface area contributed by atoms with E-state index in [1.165, 1.54) is 5.56 Å². The summed E-state index contributed by atoms with van der Waals surface area (Å²) in [5.74, 6) is 0. The van der Waals surface area contributed by atoms with Crippen LogP contribution in [0.3, 0.4) is 0 Å². The zero-order chi connectivity index (χ0) is 9.97. The molecular weight excluding hydrogens is 182 g/mol. The van der Waals surface area contributed by atoms with E-state index in [0.717, 1.165) is 12.1 Å². The standard InChI is InChI=1S/C10H11NO3/c12-10(13)14-9-6-5-7-3-1-2-4-8(7)11-9/h1-4,9,11H,5-6H2,(H,12,13). The lowest BCUT2D eigenvalue weighted by Gasteiger charge is -2.25. The molecule has 1 atom stereocenters. The van der Waals surface area contributed by atoms with Crippen LogP contribution in [0.15, 0.2) is 24.3 Å². The van der Waals surface area contributed by atoms with Gasteiger partial charge in [0.1, 0.15) is 0 Å². The number of aryl methyl sites for hydroxylation is 1. The molecule has 1 unspecified atom stereocenters. The molecule has 0 spiro atoms. The van der Waals surface area contributed by atoms with Gasteiger partial charge in [-0.3, -0.25) is 0 Å². The van der Waals surface area contributed by atoms with Gasteiger partial charge in [0.15, 0.2) is 6.23 Å². The van der Waals surface area contributed by atoms with Gasteiger partial charge in [-0.05, 0) is 18.1 Å². The largest absolute Gasteiger partial charge is 0.507 e. The predicted octanol–water partition coefficient (Wildman–Crippen LogP) is 2.07. The van der Waals surface area contributed by atoms with Crippen LogP contribution in [-0.2, 0) is 11.2 Å². The van der Waals surface area contributed by atoms with Crippen molar-refractivity contribution in [2.75, 3.05) is 5.32 Å². The topological polar surface area (TPSA) is 58.6 Å². The van der Waals surface area contributed by atoms with Crippen LogP contribution < -0.4 is 5.32 Å². The van der Waals surface area contributed by atoms with E-state index in [2.05, 4.69) is 10.1 Å². The van der Waals surface area contributed by atoms with E-state index in [0.29, 0.717) is 6.42 Å². The normalized spacial score (nSPS) is 19.3. The van der Waals surface area contributed by atoms with Crippen molar-refractivity contribution >= 4 is 11.8 Å². The van der Waals surface area contributed by atoms with Gasteiger partial charge < -0.3 is 15.2 Å². The van der Waals surface area contributed by atoms with Crippen molar-refractivity contribution in [2.45, 2.75) is 19.1 Å². The molecule has 0 aromatic heterocycles. The third-order valence-corrected chi connectivity index (χ3v) is 2.25. The molecular formula is C10H11NO3. The first kappa shape index (κ1) is 8.87. The third-order valence-electron chi connectivity index (χ3n) is 2.25. The second kappa shape index (κ2) is 3.57. The maximum atomic E-state index is 10.3. The Morgan fingerprint density at radius 3 is 3.07 bits per heavy atom. The van der Waals surface area contributed by atoms with Gasteiger partial charge in [0.25, 0.3) is 0 Å². The fourth-order valence-electron chi connectivity index (χ4n) is 1.62. The number of hydrogen-bond donors (Lipinski definition) is 2. The minimum atomic E-state index is -1.23. The number of nitrogens with one attached hydrogen (secondary N) is 1. The molecule has 0 saturated heterocycles. The number of benzene rings is 1. The Bertz CT molecular complexity index is 351. The monoisotopic (exact) mass is 193 g/mol. The Kier molecular flexibility index (Phi) is 2.26. The van der Waals surface area contributed by atoms with Crippen LogP contribution in [0.4, 0.5) is 10.5 Å². The summed E-state index contributed by atoms with van der Waals surface area (Å²) in [6, 6.07) is 7.83. The summed E-state index contributed by atoms with van der Waals surface area (Å²) in [6.07, 6.45) is -0.117. The number of carboxylic acid groups (broad SMARTS) is 1. The number of fused-ring (bicyclic) bond motifs is 1. The molecule has 2 N–H and O–H groups in total. The summed E-state index contributed by atoms with van der Waals surface area (Å²) in [6.45, 7) is 0. The molecule has 1 aromatic rings. The average Bonchev–Trinajstić information content (AvgIpc) is 2.17. The molecule has 0 aliphatic carbocycles. The fraction of sp³-hybridized carbons (Fsp3) is 0.300. The second-order valence-electron chi connectivity index (χ2n) is 3.21. The lowest BCUT2D eigenvalue weighted by Crippen LogP contribution is -2.29. The molecule has 0 fully saturated rings. The molecule has 0 radical (unpaired) electrons. The number of anilines is 1. The third kappa shape index (κ3) is 1.79. The van der Waals surface area contributed by atoms with Crippen molar-refractivity contribution in [1.82, 2.24) is 0 Å². The smallest absolute Gasteiger partial charge is 0.450 e. The molecule has 14 heavy (non-hydrogen) atoms. The molecule has 4 nitrogen and oxygen atoms in total. The van der Waals surface area contributed by atoms with Crippen LogP contribution in [0, 0.1) is 0 Å². The van der Waals surface area contributed by atoms with Crippen LogP contribution in [-0.4, -0.2) is 17.5 Å². The number of carbonyl (C=O) groups is 1. The molecule has 2 rings (SSSR count). The zero-order valence-electron chi connectivity index (χ0n) is 7.56. The van der Waals surface area contributed by atoms with E-state index >= 15 is 0 Å². The van der Waals surface area contributed by atoms with Crippen LogP contribution in [0.2, 0.25) is 0 Å². The van der Waals surface area contributed by atoms with Crippen molar-refractivity contribution in [3.8, 4) is 0 Å². The highest BCUT2D eigenvalue weighted by Crippen LogP contribution is 2.24. The molecule has 1 aliphatic rings. The highest BCUT2D eigenvalue weighted by molar-refractivity contribution is 5.59. The maximum absolute atomic E-state index is 10.3. The van der Waals surface area contributed by atoms with Crippen LogP contribution in [0.1, 0.15) is 12.0 Å². The van der Waals surface area contributed by atoms with Gasteiger partial charge >= 0.3 is 6.16 Å². The summed E-state index contributed by atoms with van der Waals surface area (Å²) >= 11 is 0. The van der Waals surface area contributed by atoms with Crippen LogP contribution in [0.25, 0.3) is 0 Å². The Balaban J connectivity index is 2.09. The van der Waals surface area contributed by atoms with Gasteiger partial charge in [0, 0.05) is 12.1 Å². The van der Waals surface area contributed by atoms with Gasteiger partial charge in [-0.1, -0.05) is 18.2 Å². The van der Waals surface area contributed by atoms with Gasteiger partial charge in [-0.2, -0.15) is 0 Å². The summed E-state index contributed by atoms with van der Waals surface area (Å²) < 4.78 is 4.65. The SMILES string of the molecule is O=C(O)OC1CCc2ccccc2N1. The molecule has 0 bridgehead atoms. The summed E-state index contributed by atoms with van der Waals surface area (Å²) in [4.78, 5) is 10.3. The Labute approximate surface area is 81.5 Å². The van der Waals surface area contributed by atoms with E-state index in [1.54, 1.807) is 0 Å². The Morgan fingerprint density at radius 1 is 1.50 bits per heavy atom. The first-order valence-electron chi connectivity index (χ1n) is 4.50. The van der Waals surface area contributed by atoms with Gasteiger partial charge in [0.05, 0.1) is 0 Å². The van der Waals surface area contributed by atoms with Crippen molar-refractivity contribution in [1.29, 1.82) is 0 Å². The second-order valence-corrected chi connectivity index (χ2v) is 3.21. The molecule has 4 heteroatoms. The summed E-state index contributed by atoms with van der Waals surface area (Å²) in [5.41, 5.74) is 2.17. The quantitative estimate of drug-likeness (QED) is 0.670. The Hall–Kier alpha value is -1.71. The minimum Gasteiger partial charge on any atom is -0.450 e. The molecule has 0 amide bonds. The highest BCUT2D eigenvalue weighted by Gasteiger charge is 2.19. The fourth-order valence-corrected chi connectivity index (χ4v) is 1.62. The van der Waals surface area contributed by atoms with Crippen LogP contribution in [0.5, 0.6) is 0 Å².